The fraction of sp³-hybridized carbons (Fsp3) is 0.941. The van der Waals surface area contributed by atoms with Crippen molar-refractivity contribution in [1.82, 2.24) is 9.80 Å². The van der Waals surface area contributed by atoms with Crippen molar-refractivity contribution in [2.24, 2.45) is 0 Å². The maximum absolute atomic E-state index is 14.2. The van der Waals surface area contributed by atoms with Gasteiger partial charge in [0.1, 0.15) is 12.2 Å². The van der Waals surface area contributed by atoms with Gasteiger partial charge in [0.2, 0.25) is 0 Å². The maximum atomic E-state index is 14.2. The molecule has 0 unspecified atom stereocenters. The van der Waals surface area contributed by atoms with Crippen LogP contribution < -0.4 is 0 Å². The summed E-state index contributed by atoms with van der Waals surface area (Å²) >= 11 is 0. The summed E-state index contributed by atoms with van der Waals surface area (Å²) in [4.78, 5) is 16.6. The van der Waals surface area contributed by atoms with Gasteiger partial charge in [-0.05, 0) is 51.6 Å². The van der Waals surface area contributed by atoms with Crippen molar-refractivity contribution in [3.63, 3.8) is 0 Å². The number of amides is 1. The Kier molecular flexibility index (Phi) is 4.32. The molecule has 0 aromatic heterocycles. The van der Waals surface area contributed by atoms with E-state index >= 15 is 0 Å². The third kappa shape index (κ3) is 3.13. The van der Waals surface area contributed by atoms with Crippen molar-refractivity contribution in [2.75, 3.05) is 39.4 Å². The maximum Gasteiger partial charge on any atom is 0.260 e. The summed E-state index contributed by atoms with van der Waals surface area (Å²) in [5.74, 6) is -0.330. The van der Waals surface area contributed by atoms with Gasteiger partial charge in [0.25, 0.3) is 5.91 Å². The van der Waals surface area contributed by atoms with Crippen molar-refractivity contribution in [2.45, 2.75) is 62.4 Å². The highest BCUT2D eigenvalue weighted by Crippen LogP contribution is 2.44. The Morgan fingerprint density at radius 3 is 2.78 bits per heavy atom. The van der Waals surface area contributed by atoms with E-state index in [0.29, 0.717) is 26.0 Å². The van der Waals surface area contributed by atoms with E-state index in [1.54, 1.807) is 4.90 Å². The summed E-state index contributed by atoms with van der Waals surface area (Å²) in [7, 11) is 0. The minimum absolute atomic E-state index is 0.00117. The first-order valence-corrected chi connectivity index (χ1v) is 9.13. The summed E-state index contributed by atoms with van der Waals surface area (Å²) in [5, 5.41) is 0. The molecular weight excluding hydrogens is 299 g/mol. The summed E-state index contributed by atoms with van der Waals surface area (Å²) in [6, 6.07) is 0.00117. The van der Waals surface area contributed by atoms with Crippen LogP contribution in [0.15, 0.2) is 0 Å². The van der Waals surface area contributed by atoms with E-state index in [1.165, 1.54) is 12.8 Å². The van der Waals surface area contributed by atoms with Crippen LogP contribution in [0.4, 0.5) is 4.39 Å². The molecule has 3 aliphatic heterocycles. The van der Waals surface area contributed by atoms with Gasteiger partial charge in [0, 0.05) is 13.2 Å². The van der Waals surface area contributed by atoms with Gasteiger partial charge >= 0.3 is 0 Å². The van der Waals surface area contributed by atoms with E-state index in [1.807, 2.05) is 0 Å². The Bertz CT molecular complexity index is 451. The van der Waals surface area contributed by atoms with Crippen LogP contribution in [0, 0.1) is 0 Å². The highest BCUT2D eigenvalue weighted by molar-refractivity contribution is 5.88. The number of fused-ring (bicyclic) bond motifs is 1. The average Bonchev–Trinajstić information content (AvgIpc) is 3.01. The molecule has 1 amide bonds. The molecular formula is C17H27FN2O3. The van der Waals surface area contributed by atoms with Crippen molar-refractivity contribution in [3.05, 3.63) is 0 Å². The van der Waals surface area contributed by atoms with Crippen LogP contribution >= 0.6 is 0 Å². The summed E-state index contributed by atoms with van der Waals surface area (Å²) in [6.07, 6.45) is 4.96. The predicted molar refractivity (Wildman–Crippen MR) is 83.0 cm³/mol. The zero-order valence-corrected chi connectivity index (χ0v) is 13.7. The number of rotatable bonds is 5. The molecule has 5 nitrogen and oxygen atoms in total. The number of likely N-dealkylation sites (tertiary alicyclic amines) is 2. The monoisotopic (exact) mass is 326 g/mol. The second-order valence-electron chi connectivity index (χ2n) is 7.43. The van der Waals surface area contributed by atoms with E-state index < -0.39 is 5.67 Å². The fourth-order valence-electron chi connectivity index (χ4n) is 4.21. The molecule has 3 heterocycles. The number of halogens is 1. The number of nitrogens with zero attached hydrogens (tertiary/aromatic N) is 2. The van der Waals surface area contributed by atoms with Crippen LogP contribution in [0.3, 0.4) is 0 Å². The summed E-state index contributed by atoms with van der Waals surface area (Å²) in [6.45, 7) is 5.13. The van der Waals surface area contributed by atoms with Gasteiger partial charge < -0.3 is 19.3 Å². The summed E-state index contributed by atoms with van der Waals surface area (Å²) < 4.78 is 26.2. The first-order valence-electron chi connectivity index (χ1n) is 9.13. The van der Waals surface area contributed by atoms with E-state index in [-0.39, 0.29) is 24.2 Å². The van der Waals surface area contributed by atoms with Gasteiger partial charge in [-0.1, -0.05) is 0 Å². The largest absolute Gasteiger partial charge is 0.373 e. The number of ether oxygens (including phenoxy) is 2. The first-order chi connectivity index (χ1) is 11.2. The van der Waals surface area contributed by atoms with E-state index in [9.17, 15) is 9.18 Å². The van der Waals surface area contributed by atoms with E-state index in [0.717, 1.165) is 39.1 Å². The fourth-order valence-corrected chi connectivity index (χ4v) is 4.21. The number of carbonyl (C=O) groups excluding carboxylic acids is 1. The molecule has 130 valence electrons. The summed E-state index contributed by atoms with van der Waals surface area (Å²) in [5.41, 5.74) is -1.59. The third-order valence-corrected chi connectivity index (χ3v) is 5.75. The lowest BCUT2D eigenvalue weighted by Gasteiger charge is -2.32. The van der Waals surface area contributed by atoms with Crippen LogP contribution in [0.2, 0.25) is 0 Å². The van der Waals surface area contributed by atoms with Gasteiger partial charge in [0.05, 0.1) is 19.2 Å². The Balaban J connectivity index is 1.35. The molecule has 0 bridgehead atoms. The topological polar surface area (TPSA) is 42.0 Å². The van der Waals surface area contributed by atoms with Gasteiger partial charge in [0.15, 0.2) is 5.67 Å². The Hall–Kier alpha value is -0.720. The van der Waals surface area contributed by atoms with Crippen molar-refractivity contribution >= 4 is 5.91 Å². The van der Waals surface area contributed by atoms with Crippen LogP contribution in [-0.4, -0.2) is 79.0 Å². The molecule has 4 rings (SSSR count). The zero-order valence-electron chi connectivity index (χ0n) is 13.7. The van der Waals surface area contributed by atoms with Gasteiger partial charge in [-0.2, -0.15) is 0 Å². The standard InChI is InChI=1S/C17H27FN2O3/c18-17(5-6-17)16(21)20-12-14(15-13(20)4-3-10-23-15)22-11-9-19-7-1-2-8-19/h13-15H,1-12H2/t13-,14+,15+/m1/s1. The molecule has 0 radical (unpaired) electrons. The predicted octanol–water partition coefficient (Wildman–Crippen LogP) is 1.36. The minimum Gasteiger partial charge on any atom is -0.373 e. The lowest BCUT2D eigenvalue weighted by atomic mass is 10.0. The normalized spacial score (nSPS) is 36.2. The highest BCUT2D eigenvalue weighted by Gasteiger charge is 2.57. The van der Waals surface area contributed by atoms with E-state index in [2.05, 4.69) is 4.90 Å². The van der Waals surface area contributed by atoms with Crippen molar-refractivity contribution < 1.29 is 18.7 Å². The molecule has 4 fully saturated rings. The molecule has 6 heteroatoms. The van der Waals surface area contributed by atoms with Crippen LogP contribution in [0.5, 0.6) is 0 Å². The van der Waals surface area contributed by atoms with Crippen molar-refractivity contribution in [1.29, 1.82) is 0 Å². The minimum atomic E-state index is -1.59. The lowest BCUT2D eigenvalue weighted by molar-refractivity contribution is -0.141. The number of carbonyl (C=O) groups is 1. The number of hydrogen-bond acceptors (Lipinski definition) is 4. The van der Waals surface area contributed by atoms with Crippen LogP contribution in [-0.2, 0) is 14.3 Å². The number of alkyl halides is 1. The third-order valence-electron chi connectivity index (χ3n) is 5.75. The lowest BCUT2D eigenvalue weighted by Crippen LogP contribution is -2.46. The average molecular weight is 326 g/mol. The molecule has 0 spiro atoms. The highest BCUT2D eigenvalue weighted by atomic mass is 19.1. The Morgan fingerprint density at radius 2 is 2.04 bits per heavy atom. The Morgan fingerprint density at radius 1 is 1.26 bits per heavy atom. The van der Waals surface area contributed by atoms with E-state index in [4.69, 9.17) is 9.47 Å². The molecule has 1 aliphatic carbocycles. The van der Waals surface area contributed by atoms with Gasteiger partial charge in [-0.25, -0.2) is 4.39 Å². The second-order valence-corrected chi connectivity index (χ2v) is 7.43. The quantitative estimate of drug-likeness (QED) is 0.765. The van der Waals surface area contributed by atoms with Crippen LogP contribution in [0.1, 0.15) is 38.5 Å². The molecule has 3 saturated heterocycles. The molecule has 0 aromatic rings. The molecule has 0 N–H and O–H groups in total. The molecule has 23 heavy (non-hydrogen) atoms. The Labute approximate surface area is 137 Å². The SMILES string of the molecule is O=C(N1C[C@H](OCCN2CCCC2)[C@H]2OCCC[C@H]21)C1(F)CC1. The molecule has 4 aliphatic rings. The molecule has 3 atom stereocenters. The van der Waals surface area contributed by atoms with Crippen molar-refractivity contribution in [3.8, 4) is 0 Å². The smallest absolute Gasteiger partial charge is 0.260 e. The zero-order chi connectivity index (χ0) is 15.9. The molecule has 0 aromatic carbocycles. The van der Waals surface area contributed by atoms with Gasteiger partial charge in [-0.3, -0.25) is 4.79 Å². The van der Waals surface area contributed by atoms with Crippen LogP contribution in [0.25, 0.3) is 0 Å². The second kappa shape index (κ2) is 6.30. The molecule has 1 saturated carbocycles. The van der Waals surface area contributed by atoms with Gasteiger partial charge in [-0.15, -0.1) is 0 Å². The number of hydrogen-bond donors (Lipinski definition) is 0. The first kappa shape index (κ1) is 15.8.